The highest BCUT2D eigenvalue weighted by Gasteiger charge is 2.15. The molecular weight excluding hydrogens is 340 g/mol. The summed E-state index contributed by atoms with van der Waals surface area (Å²) in [6.07, 6.45) is 0. The molecule has 1 aromatic carbocycles. The molecule has 0 aliphatic rings. The van der Waals surface area contributed by atoms with Crippen molar-refractivity contribution in [2.24, 2.45) is 0 Å². The zero-order valence-corrected chi connectivity index (χ0v) is 13.5. The summed E-state index contributed by atoms with van der Waals surface area (Å²) in [7, 11) is 0. The van der Waals surface area contributed by atoms with Crippen LogP contribution in [0.1, 0.15) is 30.5 Å². The number of esters is 1. The monoisotopic (exact) mass is 352 g/mol. The van der Waals surface area contributed by atoms with E-state index in [2.05, 4.69) is 15.9 Å². The number of Topliss-reactive ketones (excluding diaryl/α,β-unsaturated/α-hetero) is 1. The SMILES string of the molecule is Cc1cc(C(=O)OCC(=O)c2ccc(Br)cc2)c(C)s1. The van der Waals surface area contributed by atoms with Gasteiger partial charge in [-0.05, 0) is 32.0 Å². The third-order valence-electron chi connectivity index (χ3n) is 2.76. The zero-order valence-electron chi connectivity index (χ0n) is 11.1. The molecule has 0 aliphatic heterocycles. The number of rotatable bonds is 4. The number of thiophene rings is 1. The van der Waals surface area contributed by atoms with Crippen molar-refractivity contribution in [2.75, 3.05) is 6.61 Å². The molecule has 2 rings (SSSR count). The van der Waals surface area contributed by atoms with E-state index in [0.29, 0.717) is 11.1 Å². The Morgan fingerprint density at radius 1 is 1.20 bits per heavy atom. The van der Waals surface area contributed by atoms with Gasteiger partial charge in [0.15, 0.2) is 12.4 Å². The van der Waals surface area contributed by atoms with Crippen LogP contribution in [0.3, 0.4) is 0 Å². The van der Waals surface area contributed by atoms with Crippen molar-refractivity contribution in [1.82, 2.24) is 0 Å². The van der Waals surface area contributed by atoms with Gasteiger partial charge in [-0.15, -0.1) is 11.3 Å². The molecule has 0 N–H and O–H groups in total. The molecule has 0 amide bonds. The fourth-order valence-electron chi connectivity index (χ4n) is 1.76. The topological polar surface area (TPSA) is 43.4 Å². The standard InChI is InChI=1S/C15H13BrO3S/c1-9-7-13(10(2)20-9)15(18)19-8-14(17)11-3-5-12(16)6-4-11/h3-7H,8H2,1-2H3. The maximum atomic E-state index is 11.9. The number of halogens is 1. The van der Waals surface area contributed by atoms with E-state index in [1.54, 1.807) is 30.3 Å². The normalized spacial score (nSPS) is 10.3. The molecule has 0 bridgehead atoms. The Kier molecular flexibility index (Phi) is 4.73. The Morgan fingerprint density at radius 3 is 2.40 bits per heavy atom. The van der Waals surface area contributed by atoms with Crippen LogP contribution in [0.4, 0.5) is 0 Å². The van der Waals surface area contributed by atoms with Gasteiger partial charge in [0.2, 0.25) is 0 Å². The van der Waals surface area contributed by atoms with Crippen LogP contribution in [0.25, 0.3) is 0 Å². The second-order valence-corrected chi connectivity index (χ2v) is 6.71. The molecule has 0 unspecified atom stereocenters. The predicted molar refractivity (Wildman–Crippen MR) is 82.5 cm³/mol. The summed E-state index contributed by atoms with van der Waals surface area (Å²) in [5.74, 6) is -0.659. The summed E-state index contributed by atoms with van der Waals surface area (Å²) in [6, 6.07) is 8.73. The molecule has 3 nitrogen and oxygen atoms in total. The van der Waals surface area contributed by atoms with Crippen molar-refractivity contribution < 1.29 is 14.3 Å². The molecule has 0 atom stereocenters. The number of hydrogen-bond acceptors (Lipinski definition) is 4. The first-order valence-electron chi connectivity index (χ1n) is 6.00. The summed E-state index contributed by atoms with van der Waals surface area (Å²) >= 11 is 4.84. The van der Waals surface area contributed by atoms with Crippen molar-refractivity contribution in [2.45, 2.75) is 13.8 Å². The van der Waals surface area contributed by atoms with E-state index in [1.165, 1.54) is 11.3 Å². The van der Waals surface area contributed by atoms with Gasteiger partial charge < -0.3 is 4.74 Å². The molecule has 0 spiro atoms. The van der Waals surface area contributed by atoms with E-state index < -0.39 is 5.97 Å². The summed E-state index contributed by atoms with van der Waals surface area (Å²) in [5, 5.41) is 0. The lowest BCUT2D eigenvalue weighted by Gasteiger charge is -2.04. The quantitative estimate of drug-likeness (QED) is 0.612. The summed E-state index contributed by atoms with van der Waals surface area (Å²) in [5.41, 5.74) is 1.07. The molecule has 0 aliphatic carbocycles. The van der Waals surface area contributed by atoms with Gasteiger partial charge in [0.25, 0.3) is 0 Å². The van der Waals surface area contributed by atoms with Gasteiger partial charge in [0, 0.05) is 19.8 Å². The Hall–Kier alpha value is -1.46. The molecule has 2 aromatic rings. The van der Waals surface area contributed by atoms with Gasteiger partial charge in [-0.25, -0.2) is 4.79 Å². The molecule has 0 fully saturated rings. The van der Waals surface area contributed by atoms with Gasteiger partial charge in [0.05, 0.1) is 5.56 Å². The highest BCUT2D eigenvalue weighted by atomic mass is 79.9. The number of ketones is 1. The van der Waals surface area contributed by atoms with E-state index in [4.69, 9.17) is 4.74 Å². The number of benzene rings is 1. The highest BCUT2D eigenvalue weighted by Crippen LogP contribution is 2.21. The Morgan fingerprint density at radius 2 is 1.85 bits per heavy atom. The maximum absolute atomic E-state index is 11.9. The van der Waals surface area contributed by atoms with Crippen molar-refractivity contribution in [1.29, 1.82) is 0 Å². The largest absolute Gasteiger partial charge is 0.454 e. The predicted octanol–water partition coefficient (Wildman–Crippen LogP) is 4.17. The Bertz CT molecular complexity index is 644. The van der Waals surface area contributed by atoms with Crippen molar-refractivity contribution in [3.05, 3.63) is 55.7 Å². The number of ether oxygens (including phenoxy) is 1. The zero-order chi connectivity index (χ0) is 14.7. The lowest BCUT2D eigenvalue weighted by molar-refractivity contribution is 0.0474. The van der Waals surface area contributed by atoms with Gasteiger partial charge in [-0.2, -0.15) is 0 Å². The molecule has 1 heterocycles. The molecule has 20 heavy (non-hydrogen) atoms. The van der Waals surface area contributed by atoms with Gasteiger partial charge in [0.1, 0.15) is 0 Å². The first-order valence-corrected chi connectivity index (χ1v) is 7.61. The Labute approximate surface area is 129 Å². The van der Waals surface area contributed by atoms with Crippen LogP contribution in [0.2, 0.25) is 0 Å². The van der Waals surface area contributed by atoms with Crippen LogP contribution in [0, 0.1) is 13.8 Å². The fourth-order valence-corrected chi connectivity index (χ4v) is 2.94. The van der Waals surface area contributed by atoms with E-state index >= 15 is 0 Å². The van der Waals surface area contributed by atoms with E-state index in [1.807, 2.05) is 13.8 Å². The summed E-state index contributed by atoms with van der Waals surface area (Å²) < 4.78 is 5.97. The van der Waals surface area contributed by atoms with Gasteiger partial charge in [-0.1, -0.05) is 28.1 Å². The lowest BCUT2D eigenvalue weighted by atomic mass is 10.1. The van der Waals surface area contributed by atoms with Crippen LogP contribution >= 0.6 is 27.3 Å². The molecule has 1 aromatic heterocycles. The molecule has 0 saturated carbocycles. The second kappa shape index (κ2) is 6.33. The summed E-state index contributed by atoms with van der Waals surface area (Å²) in [4.78, 5) is 25.7. The molecule has 0 radical (unpaired) electrons. The maximum Gasteiger partial charge on any atom is 0.339 e. The number of carbonyl (C=O) groups is 2. The second-order valence-electron chi connectivity index (χ2n) is 4.33. The lowest BCUT2D eigenvalue weighted by Crippen LogP contribution is -2.14. The van der Waals surface area contributed by atoms with Crippen molar-refractivity contribution >= 4 is 39.0 Å². The number of aryl methyl sites for hydroxylation is 2. The van der Waals surface area contributed by atoms with E-state index in [-0.39, 0.29) is 12.4 Å². The van der Waals surface area contributed by atoms with Crippen LogP contribution < -0.4 is 0 Å². The highest BCUT2D eigenvalue weighted by molar-refractivity contribution is 9.10. The number of hydrogen-bond donors (Lipinski definition) is 0. The van der Waals surface area contributed by atoms with E-state index in [9.17, 15) is 9.59 Å². The smallest absolute Gasteiger partial charge is 0.339 e. The van der Waals surface area contributed by atoms with Crippen molar-refractivity contribution in [3.8, 4) is 0 Å². The summed E-state index contributed by atoms with van der Waals surface area (Å²) in [6.45, 7) is 3.56. The third kappa shape index (κ3) is 3.55. The minimum absolute atomic E-state index is 0.213. The van der Waals surface area contributed by atoms with Crippen molar-refractivity contribution in [3.63, 3.8) is 0 Å². The molecule has 0 saturated heterocycles. The van der Waals surface area contributed by atoms with Crippen LogP contribution in [-0.2, 0) is 4.74 Å². The first kappa shape index (κ1) is 14.9. The van der Waals surface area contributed by atoms with Crippen LogP contribution in [0.15, 0.2) is 34.8 Å². The first-order chi connectivity index (χ1) is 9.47. The van der Waals surface area contributed by atoms with Gasteiger partial charge >= 0.3 is 5.97 Å². The van der Waals surface area contributed by atoms with E-state index in [0.717, 1.165) is 14.2 Å². The Balaban J connectivity index is 1.98. The minimum atomic E-state index is -0.447. The average molecular weight is 353 g/mol. The fraction of sp³-hybridized carbons (Fsp3) is 0.200. The molecular formula is C15H13BrO3S. The molecule has 104 valence electrons. The average Bonchev–Trinajstić information content (AvgIpc) is 2.75. The molecule has 5 heteroatoms. The van der Waals surface area contributed by atoms with Gasteiger partial charge in [-0.3, -0.25) is 4.79 Å². The number of carbonyl (C=O) groups excluding carboxylic acids is 2. The minimum Gasteiger partial charge on any atom is -0.454 e. The van der Waals surface area contributed by atoms with Crippen LogP contribution in [0.5, 0.6) is 0 Å². The third-order valence-corrected chi connectivity index (χ3v) is 4.26. The van der Waals surface area contributed by atoms with Crippen LogP contribution in [-0.4, -0.2) is 18.4 Å².